The average molecular weight is 472 g/mol. The molecule has 176 valence electrons. The number of aromatic nitrogens is 3. The molecule has 3 aliphatic rings. The van der Waals surface area contributed by atoms with Crippen molar-refractivity contribution in [1.82, 2.24) is 19.9 Å². The van der Waals surface area contributed by atoms with E-state index < -0.39 is 23.7 Å². The number of nitrogens with zero attached hydrogens (tertiary/aromatic N) is 4. The van der Waals surface area contributed by atoms with Gasteiger partial charge in [0.2, 0.25) is 5.88 Å². The van der Waals surface area contributed by atoms with Gasteiger partial charge in [0, 0.05) is 31.2 Å². The van der Waals surface area contributed by atoms with Gasteiger partial charge in [0.15, 0.2) is 5.82 Å². The number of alkyl halides is 3. The zero-order chi connectivity index (χ0) is 23.9. The number of rotatable bonds is 4. The maximum absolute atomic E-state index is 14.8. The summed E-state index contributed by atoms with van der Waals surface area (Å²) < 4.78 is 59.2. The van der Waals surface area contributed by atoms with Gasteiger partial charge in [-0.1, -0.05) is 6.07 Å². The Balaban J connectivity index is 1.40. The largest absolute Gasteiger partial charge is 0.472 e. The fourth-order valence-electron chi connectivity index (χ4n) is 4.78. The van der Waals surface area contributed by atoms with E-state index >= 15 is 0 Å². The fourth-order valence-corrected chi connectivity index (χ4v) is 4.78. The lowest BCUT2D eigenvalue weighted by molar-refractivity contribution is -0.137. The van der Waals surface area contributed by atoms with Crippen molar-refractivity contribution in [2.24, 2.45) is 5.92 Å². The highest BCUT2D eigenvalue weighted by Crippen LogP contribution is 2.39. The van der Waals surface area contributed by atoms with Crippen molar-refractivity contribution in [3.8, 4) is 17.3 Å². The fraction of sp³-hybridized carbons (Fsp3) is 0.333. The van der Waals surface area contributed by atoms with Crippen molar-refractivity contribution in [2.75, 3.05) is 6.54 Å². The highest BCUT2D eigenvalue weighted by Gasteiger charge is 2.45. The van der Waals surface area contributed by atoms with Crippen molar-refractivity contribution >= 4 is 5.91 Å². The molecule has 4 heterocycles. The lowest BCUT2D eigenvalue weighted by atomic mass is 9.77. The third-order valence-electron chi connectivity index (χ3n) is 6.35. The SMILES string of the molecule is O=C(c1cccc(F)c1-c1ncccn1)N1C[C@H]2CC[C@H]1[C@H](Oc1ccc(C(F)(F)F)cn1)C2. The van der Waals surface area contributed by atoms with E-state index in [1.54, 1.807) is 17.0 Å². The monoisotopic (exact) mass is 472 g/mol. The molecule has 0 spiro atoms. The van der Waals surface area contributed by atoms with Gasteiger partial charge in [-0.15, -0.1) is 0 Å². The third-order valence-corrected chi connectivity index (χ3v) is 6.35. The van der Waals surface area contributed by atoms with Crippen LogP contribution in [0.15, 0.2) is 55.0 Å². The molecule has 0 N–H and O–H groups in total. The van der Waals surface area contributed by atoms with Crippen LogP contribution in [-0.2, 0) is 6.18 Å². The molecule has 1 saturated carbocycles. The predicted octanol–water partition coefficient (Wildman–Crippen LogP) is 4.77. The van der Waals surface area contributed by atoms with Crippen molar-refractivity contribution in [1.29, 1.82) is 0 Å². The molecule has 1 aromatic carbocycles. The maximum atomic E-state index is 14.8. The zero-order valence-electron chi connectivity index (χ0n) is 17.9. The van der Waals surface area contributed by atoms with Gasteiger partial charge in [0.1, 0.15) is 11.9 Å². The van der Waals surface area contributed by atoms with E-state index in [1.165, 1.54) is 30.6 Å². The molecule has 10 heteroatoms. The zero-order valence-corrected chi connectivity index (χ0v) is 17.9. The van der Waals surface area contributed by atoms with E-state index in [4.69, 9.17) is 4.74 Å². The number of ether oxygens (including phenoxy) is 1. The number of fused-ring (bicyclic) bond motifs is 3. The first kappa shape index (κ1) is 22.2. The smallest absolute Gasteiger partial charge is 0.417 e. The number of pyridine rings is 1. The number of hydrogen-bond acceptors (Lipinski definition) is 5. The Labute approximate surface area is 192 Å². The molecule has 6 nitrogen and oxygen atoms in total. The normalized spacial score (nSPS) is 22.0. The van der Waals surface area contributed by atoms with Gasteiger partial charge in [0.05, 0.1) is 22.7 Å². The Bertz CT molecular complexity index is 1190. The minimum absolute atomic E-state index is 0.0384. The van der Waals surface area contributed by atoms with E-state index in [-0.39, 0.29) is 40.7 Å². The van der Waals surface area contributed by atoms with Crippen molar-refractivity contribution < 1.29 is 27.1 Å². The number of benzene rings is 1. The van der Waals surface area contributed by atoms with E-state index in [1.807, 2.05) is 0 Å². The summed E-state index contributed by atoms with van der Waals surface area (Å²) in [5.41, 5.74) is -0.662. The summed E-state index contributed by atoms with van der Waals surface area (Å²) in [7, 11) is 0. The second-order valence-electron chi connectivity index (χ2n) is 8.48. The summed E-state index contributed by atoms with van der Waals surface area (Å²) in [5, 5.41) is 0. The van der Waals surface area contributed by atoms with Crippen LogP contribution in [0.25, 0.3) is 11.4 Å². The van der Waals surface area contributed by atoms with E-state index in [0.717, 1.165) is 18.7 Å². The molecule has 3 atom stereocenters. The summed E-state index contributed by atoms with van der Waals surface area (Å²) in [5.74, 6) is -0.598. The van der Waals surface area contributed by atoms with Crippen LogP contribution in [0.1, 0.15) is 35.2 Å². The molecule has 34 heavy (non-hydrogen) atoms. The van der Waals surface area contributed by atoms with Crippen LogP contribution in [-0.4, -0.2) is 44.4 Å². The molecule has 2 bridgehead atoms. The minimum Gasteiger partial charge on any atom is -0.472 e. The number of piperidine rings is 2. The summed E-state index contributed by atoms with van der Waals surface area (Å²) in [4.78, 5) is 27.3. The van der Waals surface area contributed by atoms with Crippen LogP contribution in [0.2, 0.25) is 0 Å². The Morgan fingerprint density at radius 3 is 2.50 bits per heavy atom. The lowest BCUT2D eigenvalue weighted by Crippen LogP contribution is -2.59. The number of halogens is 4. The highest BCUT2D eigenvalue weighted by molar-refractivity contribution is 6.00. The van der Waals surface area contributed by atoms with Gasteiger partial charge in [-0.3, -0.25) is 4.79 Å². The number of carbonyl (C=O) groups excluding carboxylic acids is 1. The summed E-state index contributed by atoms with van der Waals surface area (Å²) in [6.45, 7) is 0.495. The summed E-state index contributed by atoms with van der Waals surface area (Å²) >= 11 is 0. The second kappa shape index (κ2) is 8.66. The van der Waals surface area contributed by atoms with Gasteiger partial charge in [-0.25, -0.2) is 19.3 Å². The predicted molar refractivity (Wildman–Crippen MR) is 113 cm³/mol. The van der Waals surface area contributed by atoms with Gasteiger partial charge in [0.25, 0.3) is 5.91 Å². The molecule has 3 aromatic rings. The van der Waals surface area contributed by atoms with Crippen LogP contribution in [0.4, 0.5) is 17.6 Å². The molecule has 2 aromatic heterocycles. The van der Waals surface area contributed by atoms with Crippen molar-refractivity contribution in [3.05, 3.63) is 71.9 Å². The molecule has 1 aliphatic carbocycles. The Kier molecular flexibility index (Phi) is 5.66. The van der Waals surface area contributed by atoms with Crippen LogP contribution < -0.4 is 4.74 Å². The summed E-state index contributed by atoms with van der Waals surface area (Å²) in [6.07, 6.45) is 1.03. The molecule has 2 saturated heterocycles. The van der Waals surface area contributed by atoms with Gasteiger partial charge in [-0.05, 0) is 49.4 Å². The standard InChI is InChI=1S/C24H20F4N4O2/c25-17-4-1-3-16(21(17)22-29-9-2-10-30-22)23(33)32-13-14-5-7-18(32)19(11-14)34-20-8-6-15(12-31-20)24(26,27)28/h1-4,6,8-10,12,14,18-19H,5,7,11,13H2/t14-,18-,19+/m0/s1. The van der Waals surface area contributed by atoms with Crippen LogP contribution in [0.3, 0.4) is 0 Å². The van der Waals surface area contributed by atoms with Gasteiger partial charge in [-0.2, -0.15) is 13.2 Å². The van der Waals surface area contributed by atoms with Crippen molar-refractivity contribution in [2.45, 2.75) is 37.6 Å². The molecule has 2 aliphatic heterocycles. The third kappa shape index (κ3) is 4.20. The number of carbonyl (C=O) groups is 1. The molecular weight excluding hydrogens is 452 g/mol. The Hall–Kier alpha value is -3.56. The Morgan fingerprint density at radius 1 is 1.03 bits per heavy atom. The van der Waals surface area contributed by atoms with Crippen molar-refractivity contribution in [3.63, 3.8) is 0 Å². The first-order valence-electron chi connectivity index (χ1n) is 10.9. The molecule has 3 fully saturated rings. The molecule has 1 amide bonds. The maximum Gasteiger partial charge on any atom is 0.417 e. The molecule has 0 unspecified atom stereocenters. The average Bonchev–Trinajstić information content (AvgIpc) is 2.84. The Morgan fingerprint density at radius 2 is 1.82 bits per heavy atom. The van der Waals surface area contributed by atoms with Gasteiger partial charge >= 0.3 is 6.18 Å². The topological polar surface area (TPSA) is 68.2 Å². The summed E-state index contributed by atoms with van der Waals surface area (Å²) in [6, 6.07) is 7.68. The second-order valence-corrected chi connectivity index (χ2v) is 8.48. The number of amides is 1. The molecule has 6 rings (SSSR count). The lowest BCUT2D eigenvalue weighted by Gasteiger charge is -2.49. The number of hydrogen-bond donors (Lipinski definition) is 0. The van der Waals surface area contributed by atoms with E-state index in [9.17, 15) is 22.4 Å². The highest BCUT2D eigenvalue weighted by atomic mass is 19.4. The first-order chi connectivity index (χ1) is 16.3. The molecular formula is C24H20F4N4O2. The minimum atomic E-state index is -4.48. The van der Waals surface area contributed by atoms with Crippen LogP contribution in [0, 0.1) is 11.7 Å². The quantitative estimate of drug-likeness (QED) is 0.512. The van der Waals surface area contributed by atoms with Gasteiger partial charge < -0.3 is 9.64 Å². The van der Waals surface area contributed by atoms with E-state index in [0.29, 0.717) is 19.4 Å². The van der Waals surface area contributed by atoms with Crippen LogP contribution in [0.5, 0.6) is 5.88 Å². The van der Waals surface area contributed by atoms with E-state index in [2.05, 4.69) is 15.0 Å². The van der Waals surface area contributed by atoms with Crippen LogP contribution >= 0.6 is 0 Å². The molecule has 0 radical (unpaired) electrons. The first-order valence-corrected chi connectivity index (χ1v) is 10.9.